The van der Waals surface area contributed by atoms with E-state index in [4.69, 9.17) is 9.79 Å². The molecule has 0 spiro atoms. The highest BCUT2D eigenvalue weighted by atomic mass is 31.2. The first kappa shape index (κ1) is 29.8. The number of carbonyl (C=O) groups excluding carboxylic acids is 2. The average Bonchev–Trinajstić information content (AvgIpc) is 2.72. The maximum Gasteiger partial charge on any atom is 0.469 e. The minimum atomic E-state index is -4.73. The fourth-order valence-corrected chi connectivity index (χ4v) is 3.45. The van der Waals surface area contributed by atoms with Crippen LogP contribution in [0.3, 0.4) is 0 Å². The number of phosphoric acid groups is 1. The molecule has 1 atom stereocenters. The number of phosphoric ester groups is 1. The van der Waals surface area contributed by atoms with Crippen molar-refractivity contribution in [3.05, 3.63) is 12.2 Å². The molecule has 0 rings (SSSR count). The standard InChI is InChI=1S/C22H42NO7P/c1-3-4-5-6-7-8-9-10-11-12-13-14-15-16-17-18-21(24)23-20(22(25)29-2)19-30-31(26,27)28/h10-11,20H,3-9,12-19H2,1-2H3,(H,23,24)(H2,26,27,28)/t20-/m0/s1. The largest absolute Gasteiger partial charge is 0.469 e. The van der Waals surface area contributed by atoms with E-state index in [-0.39, 0.29) is 12.3 Å². The SMILES string of the molecule is CCCCCCCCC=CCCCCCCCC(=O)N[C@@H](COP(=O)(O)O)C(=O)OC. The summed E-state index contributed by atoms with van der Waals surface area (Å²) in [4.78, 5) is 41.0. The molecule has 9 heteroatoms. The van der Waals surface area contributed by atoms with E-state index >= 15 is 0 Å². The van der Waals surface area contributed by atoms with Gasteiger partial charge in [-0.2, -0.15) is 0 Å². The van der Waals surface area contributed by atoms with Crippen LogP contribution in [0.1, 0.15) is 96.8 Å². The summed E-state index contributed by atoms with van der Waals surface area (Å²) in [6.07, 6.45) is 19.9. The van der Waals surface area contributed by atoms with Gasteiger partial charge in [-0.15, -0.1) is 0 Å². The molecule has 0 radical (unpaired) electrons. The Morgan fingerprint density at radius 3 is 1.94 bits per heavy atom. The van der Waals surface area contributed by atoms with Gasteiger partial charge < -0.3 is 19.8 Å². The fourth-order valence-electron chi connectivity index (χ4n) is 3.11. The van der Waals surface area contributed by atoms with Crippen LogP contribution in [-0.4, -0.2) is 41.4 Å². The van der Waals surface area contributed by atoms with Crippen molar-refractivity contribution in [3.8, 4) is 0 Å². The Labute approximate surface area is 187 Å². The van der Waals surface area contributed by atoms with Gasteiger partial charge in [-0.1, -0.05) is 70.4 Å². The monoisotopic (exact) mass is 463 g/mol. The van der Waals surface area contributed by atoms with E-state index in [0.29, 0.717) is 6.42 Å². The second-order valence-corrected chi connectivity index (χ2v) is 9.00. The molecule has 0 heterocycles. The molecule has 31 heavy (non-hydrogen) atoms. The maximum absolute atomic E-state index is 12.0. The zero-order valence-corrected chi connectivity index (χ0v) is 20.1. The Kier molecular flexibility index (Phi) is 18.7. The van der Waals surface area contributed by atoms with Gasteiger partial charge >= 0.3 is 13.8 Å². The number of allylic oxidation sites excluding steroid dienone is 2. The van der Waals surface area contributed by atoms with Crippen molar-refractivity contribution < 1.29 is 33.2 Å². The molecule has 1 amide bonds. The molecule has 0 fully saturated rings. The van der Waals surface area contributed by atoms with Crippen LogP contribution in [0.2, 0.25) is 0 Å². The quantitative estimate of drug-likeness (QED) is 0.103. The van der Waals surface area contributed by atoms with Gasteiger partial charge in [-0.3, -0.25) is 9.32 Å². The van der Waals surface area contributed by atoms with Crippen LogP contribution in [0.25, 0.3) is 0 Å². The predicted octanol–water partition coefficient (Wildman–Crippen LogP) is 4.79. The summed E-state index contributed by atoms with van der Waals surface area (Å²) < 4.78 is 19.6. The summed E-state index contributed by atoms with van der Waals surface area (Å²) in [6.45, 7) is 1.59. The second-order valence-electron chi connectivity index (χ2n) is 7.76. The van der Waals surface area contributed by atoms with E-state index in [1.165, 1.54) is 44.9 Å². The Balaban J connectivity index is 3.72. The van der Waals surface area contributed by atoms with Crippen molar-refractivity contribution in [2.75, 3.05) is 13.7 Å². The zero-order chi connectivity index (χ0) is 23.4. The number of ether oxygens (including phenoxy) is 1. The third-order valence-corrected chi connectivity index (χ3v) is 5.38. The number of hydrogen-bond donors (Lipinski definition) is 3. The highest BCUT2D eigenvalue weighted by molar-refractivity contribution is 7.46. The lowest BCUT2D eigenvalue weighted by atomic mass is 10.1. The number of unbranched alkanes of at least 4 members (excludes halogenated alkanes) is 11. The first-order chi connectivity index (χ1) is 14.8. The molecule has 0 saturated carbocycles. The Morgan fingerprint density at radius 1 is 0.903 bits per heavy atom. The third kappa shape index (κ3) is 20.4. The minimum absolute atomic E-state index is 0.238. The lowest BCUT2D eigenvalue weighted by Gasteiger charge is -2.16. The second kappa shape index (κ2) is 19.5. The van der Waals surface area contributed by atoms with Crippen molar-refractivity contribution in [3.63, 3.8) is 0 Å². The fraction of sp³-hybridized carbons (Fsp3) is 0.818. The summed E-state index contributed by atoms with van der Waals surface area (Å²) in [5, 5.41) is 2.40. The molecule has 0 saturated heterocycles. The number of amides is 1. The molecule has 0 bridgehead atoms. The van der Waals surface area contributed by atoms with E-state index < -0.39 is 26.4 Å². The van der Waals surface area contributed by atoms with Crippen molar-refractivity contribution in [2.45, 2.75) is 103 Å². The van der Waals surface area contributed by atoms with E-state index in [9.17, 15) is 14.2 Å². The van der Waals surface area contributed by atoms with Crippen LogP contribution < -0.4 is 5.32 Å². The normalized spacial score (nSPS) is 12.8. The van der Waals surface area contributed by atoms with Crippen LogP contribution in [0.5, 0.6) is 0 Å². The van der Waals surface area contributed by atoms with E-state index in [0.717, 1.165) is 39.2 Å². The molecule has 0 unspecified atom stereocenters. The number of carbonyl (C=O) groups is 2. The number of hydrogen-bond acceptors (Lipinski definition) is 5. The third-order valence-electron chi connectivity index (χ3n) is 4.90. The van der Waals surface area contributed by atoms with Crippen molar-refractivity contribution in [2.24, 2.45) is 0 Å². The number of methoxy groups -OCH3 is 1. The van der Waals surface area contributed by atoms with Crippen molar-refractivity contribution >= 4 is 19.7 Å². The number of esters is 1. The van der Waals surface area contributed by atoms with Gasteiger partial charge in [0.1, 0.15) is 0 Å². The van der Waals surface area contributed by atoms with Gasteiger partial charge in [-0.25, -0.2) is 9.36 Å². The summed E-state index contributed by atoms with van der Waals surface area (Å²) >= 11 is 0. The highest BCUT2D eigenvalue weighted by Gasteiger charge is 2.25. The molecule has 0 aromatic heterocycles. The molecule has 0 aromatic rings. The Hall–Kier alpha value is -1.21. The summed E-state index contributed by atoms with van der Waals surface area (Å²) in [7, 11) is -3.60. The summed E-state index contributed by atoms with van der Waals surface area (Å²) in [6, 6.07) is -1.24. The molecular weight excluding hydrogens is 421 g/mol. The lowest BCUT2D eigenvalue weighted by molar-refractivity contribution is -0.146. The van der Waals surface area contributed by atoms with Gasteiger partial charge in [0.25, 0.3) is 0 Å². The molecule has 0 aliphatic rings. The molecule has 0 aromatic carbocycles. The van der Waals surface area contributed by atoms with Gasteiger partial charge in [0.05, 0.1) is 13.7 Å². The lowest BCUT2D eigenvalue weighted by Crippen LogP contribution is -2.44. The Bertz CT molecular complexity index is 548. The summed E-state index contributed by atoms with van der Waals surface area (Å²) in [5.74, 6) is -1.19. The van der Waals surface area contributed by atoms with Gasteiger partial charge in [-0.05, 0) is 32.1 Å². The first-order valence-corrected chi connectivity index (χ1v) is 13.1. The molecule has 0 aliphatic carbocycles. The molecule has 3 N–H and O–H groups in total. The number of nitrogens with one attached hydrogen (secondary N) is 1. The van der Waals surface area contributed by atoms with E-state index in [2.05, 4.69) is 33.7 Å². The van der Waals surface area contributed by atoms with Crippen LogP contribution >= 0.6 is 7.82 Å². The van der Waals surface area contributed by atoms with Gasteiger partial charge in [0.2, 0.25) is 5.91 Å². The van der Waals surface area contributed by atoms with Crippen LogP contribution in [-0.2, 0) is 23.4 Å². The molecule has 8 nitrogen and oxygen atoms in total. The Morgan fingerprint density at radius 2 is 1.42 bits per heavy atom. The van der Waals surface area contributed by atoms with Gasteiger partial charge in [0.15, 0.2) is 6.04 Å². The molecule has 182 valence electrons. The molecular formula is C22H42NO7P. The van der Waals surface area contributed by atoms with Crippen LogP contribution in [0.4, 0.5) is 0 Å². The van der Waals surface area contributed by atoms with Crippen LogP contribution in [0, 0.1) is 0 Å². The molecule has 0 aliphatic heterocycles. The topological polar surface area (TPSA) is 122 Å². The van der Waals surface area contributed by atoms with Crippen molar-refractivity contribution in [1.82, 2.24) is 5.32 Å². The smallest absolute Gasteiger partial charge is 0.467 e. The maximum atomic E-state index is 12.0. The van der Waals surface area contributed by atoms with Crippen LogP contribution in [0.15, 0.2) is 12.2 Å². The van der Waals surface area contributed by atoms with Gasteiger partial charge in [0, 0.05) is 6.42 Å². The first-order valence-electron chi connectivity index (χ1n) is 11.5. The van der Waals surface area contributed by atoms with E-state index in [1.54, 1.807) is 0 Å². The predicted molar refractivity (Wildman–Crippen MR) is 121 cm³/mol. The van der Waals surface area contributed by atoms with Crippen molar-refractivity contribution in [1.29, 1.82) is 0 Å². The highest BCUT2D eigenvalue weighted by Crippen LogP contribution is 2.35. The zero-order valence-electron chi connectivity index (χ0n) is 19.2. The summed E-state index contributed by atoms with van der Waals surface area (Å²) in [5.41, 5.74) is 0. The number of rotatable bonds is 20. The average molecular weight is 464 g/mol. The van der Waals surface area contributed by atoms with E-state index in [1.807, 2.05) is 0 Å². The minimum Gasteiger partial charge on any atom is -0.467 e.